The molecule has 2 heteroatoms. The Kier molecular flexibility index (Phi) is 1.72. The van der Waals surface area contributed by atoms with Crippen molar-refractivity contribution in [3.63, 3.8) is 0 Å². The van der Waals surface area contributed by atoms with Crippen LogP contribution in [0.15, 0.2) is 60.7 Å². The molecule has 0 saturated heterocycles. The zero-order valence-corrected chi connectivity index (χ0v) is 11.3. The molecule has 3 aliphatic carbocycles. The lowest BCUT2D eigenvalue weighted by molar-refractivity contribution is 0.0802. The van der Waals surface area contributed by atoms with Crippen molar-refractivity contribution in [3.8, 4) is 0 Å². The summed E-state index contributed by atoms with van der Waals surface area (Å²) in [7, 11) is 0. The van der Waals surface area contributed by atoms with Crippen molar-refractivity contribution in [2.75, 3.05) is 0 Å². The van der Waals surface area contributed by atoms with Crippen molar-refractivity contribution in [3.05, 3.63) is 71.8 Å². The Morgan fingerprint density at radius 2 is 1.24 bits per heavy atom. The molecule has 0 radical (unpaired) electrons. The van der Waals surface area contributed by atoms with Gasteiger partial charge in [0.15, 0.2) is 11.6 Å². The van der Waals surface area contributed by atoms with Crippen molar-refractivity contribution >= 4 is 22.3 Å². The smallest absolute Gasteiger partial charge is 0.174 e. The Morgan fingerprint density at radius 3 is 1.71 bits per heavy atom. The number of carbonyl (C=O) groups excluding carboxylic acids is 2. The van der Waals surface area contributed by atoms with Crippen LogP contribution in [0.5, 0.6) is 0 Å². The molecule has 100 valence electrons. The highest BCUT2D eigenvalue weighted by atomic mass is 16.1. The third-order valence-corrected chi connectivity index (χ3v) is 5.29. The number of Topliss-reactive ketones (excluding diaryl/α,β-unsaturated/α-hetero) is 2. The van der Waals surface area contributed by atoms with Crippen molar-refractivity contribution in [1.29, 1.82) is 0 Å². The first-order valence-corrected chi connectivity index (χ1v) is 7.17. The number of hydrogen-bond donors (Lipinski definition) is 0. The van der Waals surface area contributed by atoms with Gasteiger partial charge in [-0.1, -0.05) is 48.6 Å². The predicted octanol–water partition coefficient (Wildman–Crippen LogP) is 3.72. The molecule has 3 aliphatic rings. The quantitative estimate of drug-likeness (QED) is 0.732. The molecular formula is C19H12O2. The summed E-state index contributed by atoms with van der Waals surface area (Å²) in [6.07, 6.45) is 8.25. The van der Waals surface area contributed by atoms with Crippen LogP contribution >= 0.6 is 0 Å². The van der Waals surface area contributed by atoms with Crippen molar-refractivity contribution in [2.24, 2.45) is 10.8 Å². The SMILES string of the molecule is O=C1c2cc3ccccc3cc2C(=O)C23C=CC=CC12C3. The molecule has 2 atom stereocenters. The van der Waals surface area contributed by atoms with E-state index in [0.29, 0.717) is 17.5 Å². The largest absolute Gasteiger partial charge is 0.293 e. The first-order valence-electron chi connectivity index (χ1n) is 7.17. The summed E-state index contributed by atoms with van der Waals surface area (Å²) in [6.45, 7) is 0. The van der Waals surface area contributed by atoms with Gasteiger partial charge in [0, 0.05) is 11.1 Å². The molecule has 0 aliphatic heterocycles. The molecule has 0 bridgehead atoms. The third kappa shape index (κ3) is 1.08. The lowest BCUT2D eigenvalue weighted by Crippen LogP contribution is -2.35. The summed E-state index contributed by atoms with van der Waals surface area (Å²) >= 11 is 0. The van der Waals surface area contributed by atoms with Crippen LogP contribution in [0, 0.1) is 10.8 Å². The van der Waals surface area contributed by atoms with E-state index in [2.05, 4.69) is 0 Å². The van der Waals surface area contributed by atoms with Gasteiger partial charge in [-0.2, -0.15) is 0 Å². The molecule has 1 fully saturated rings. The minimum atomic E-state index is -0.603. The summed E-state index contributed by atoms with van der Waals surface area (Å²) in [5.74, 6) is 0.201. The zero-order chi connectivity index (χ0) is 14.2. The van der Waals surface area contributed by atoms with E-state index in [0.717, 1.165) is 10.8 Å². The van der Waals surface area contributed by atoms with Crippen LogP contribution in [0.25, 0.3) is 10.8 Å². The number of allylic oxidation sites excluding steroid dienone is 4. The van der Waals surface area contributed by atoms with E-state index in [1.54, 1.807) is 0 Å². The number of hydrogen-bond acceptors (Lipinski definition) is 2. The van der Waals surface area contributed by atoms with Gasteiger partial charge in [0.05, 0.1) is 10.8 Å². The molecule has 0 N–H and O–H groups in total. The summed E-state index contributed by atoms with van der Waals surface area (Å²) in [5, 5.41) is 2.02. The fourth-order valence-corrected chi connectivity index (χ4v) is 4.06. The predicted molar refractivity (Wildman–Crippen MR) is 80.4 cm³/mol. The van der Waals surface area contributed by atoms with Crippen LogP contribution in [0.1, 0.15) is 27.1 Å². The highest BCUT2D eigenvalue weighted by molar-refractivity contribution is 6.26. The fraction of sp³-hybridized carbons (Fsp3) is 0.158. The standard InChI is InChI=1S/C19H12O2/c20-16-14-9-12-5-1-2-6-13(12)10-15(14)17(21)19-8-4-3-7-18(16,19)11-19/h1-10H,11H2. The van der Waals surface area contributed by atoms with Crippen LogP contribution in [0.2, 0.25) is 0 Å². The number of ketones is 2. The van der Waals surface area contributed by atoms with Crippen molar-refractivity contribution < 1.29 is 9.59 Å². The Labute approximate surface area is 121 Å². The molecule has 2 aromatic carbocycles. The maximum Gasteiger partial charge on any atom is 0.174 e. The van der Waals surface area contributed by atoms with Crippen LogP contribution in [-0.2, 0) is 0 Å². The normalized spacial score (nSPS) is 31.8. The number of fused-ring (bicyclic) bond motifs is 2. The summed E-state index contributed by atoms with van der Waals surface area (Å²) < 4.78 is 0. The van der Waals surface area contributed by atoms with E-state index >= 15 is 0 Å². The Balaban J connectivity index is 1.86. The van der Waals surface area contributed by atoms with Crippen molar-refractivity contribution in [1.82, 2.24) is 0 Å². The monoisotopic (exact) mass is 272 g/mol. The average Bonchev–Trinajstić information content (AvgIpc) is 3.24. The van der Waals surface area contributed by atoms with E-state index in [9.17, 15) is 9.59 Å². The second-order valence-corrected chi connectivity index (χ2v) is 6.24. The van der Waals surface area contributed by atoms with Crippen LogP contribution in [0.3, 0.4) is 0 Å². The second kappa shape index (κ2) is 3.22. The maximum atomic E-state index is 13.0. The van der Waals surface area contributed by atoms with Gasteiger partial charge in [-0.15, -0.1) is 0 Å². The van der Waals surface area contributed by atoms with Crippen LogP contribution in [0.4, 0.5) is 0 Å². The lowest BCUT2D eigenvalue weighted by atomic mass is 9.72. The summed E-state index contributed by atoms with van der Waals surface area (Å²) in [4.78, 5) is 25.9. The third-order valence-electron chi connectivity index (χ3n) is 5.29. The first-order chi connectivity index (χ1) is 10.2. The van der Waals surface area contributed by atoms with Gasteiger partial charge >= 0.3 is 0 Å². The van der Waals surface area contributed by atoms with E-state index in [4.69, 9.17) is 0 Å². The molecule has 0 heterocycles. The summed E-state index contributed by atoms with van der Waals surface area (Å²) in [6, 6.07) is 11.6. The highest BCUT2D eigenvalue weighted by Crippen LogP contribution is 2.71. The molecular weight excluding hydrogens is 260 g/mol. The van der Waals surface area contributed by atoms with Gasteiger partial charge in [0.1, 0.15) is 0 Å². The van der Waals surface area contributed by atoms with Gasteiger partial charge in [-0.3, -0.25) is 9.59 Å². The fourth-order valence-electron chi connectivity index (χ4n) is 4.06. The van der Waals surface area contributed by atoms with Crippen molar-refractivity contribution in [2.45, 2.75) is 6.42 Å². The van der Waals surface area contributed by atoms with Gasteiger partial charge in [-0.25, -0.2) is 0 Å². The molecule has 1 saturated carbocycles. The molecule has 2 aromatic rings. The highest BCUT2D eigenvalue weighted by Gasteiger charge is 2.75. The molecule has 0 amide bonds. The average molecular weight is 272 g/mol. The molecule has 2 nitrogen and oxygen atoms in total. The Bertz CT molecular complexity index is 844. The topological polar surface area (TPSA) is 34.1 Å². The number of benzene rings is 2. The summed E-state index contributed by atoms with van der Waals surface area (Å²) in [5.41, 5.74) is -0.0266. The van der Waals surface area contributed by atoms with E-state index in [-0.39, 0.29) is 11.6 Å². The zero-order valence-electron chi connectivity index (χ0n) is 11.3. The second-order valence-electron chi connectivity index (χ2n) is 6.24. The minimum absolute atomic E-state index is 0.100. The molecule has 2 unspecified atom stereocenters. The Morgan fingerprint density at radius 1 is 0.762 bits per heavy atom. The van der Waals surface area contributed by atoms with Gasteiger partial charge in [0.25, 0.3) is 0 Å². The molecule has 0 spiro atoms. The first kappa shape index (κ1) is 11.2. The molecule has 5 rings (SSSR count). The van der Waals surface area contributed by atoms with E-state index in [1.807, 2.05) is 60.7 Å². The minimum Gasteiger partial charge on any atom is -0.293 e. The van der Waals surface area contributed by atoms with Gasteiger partial charge in [-0.05, 0) is 29.3 Å². The van der Waals surface area contributed by atoms with E-state index in [1.165, 1.54) is 0 Å². The van der Waals surface area contributed by atoms with Gasteiger partial charge in [0.2, 0.25) is 0 Å². The van der Waals surface area contributed by atoms with Crippen LogP contribution in [-0.4, -0.2) is 11.6 Å². The number of carbonyl (C=O) groups is 2. The van der Waals surface area contributed by atoms with Crippen LogP contribution < -0.4 is 0 Å². The lowest BCUT2D eigenvalue weighted by Gasteiger charge is -2.27. The Hall–Kier alpha value is -2.48. The number of rotatable bonds is 0. The van der Waals surface area contributed by atoms with E-state index < -0.39 is 10.8 Å². The molecule has 0 aromatic heterocycles. The van der Waals surface area contributed by atoms with Gasteiger partial charge < -0.3 is 0 Å². The maximum absolute atomic E-state index is 13.0. The molecule has 21 heavy (non-hydrogen) atoms.